The standard InChI is InChI=1S/C22H23F4NO/c1-20(2,17-8-4-5-9-18(17)23)14-21(28,22(24,25)26)13-15-11-12-27-19-10-6-3-7-16(15)19/h3-5,7-9,11-12,28H,6,10,13-14H2,1-2H3. The average Bonchev–Trinajstić information content (AvgIpc) is 2.61. The quantitative estimate of drug-likeness (QED) is 0.692. The Morgan fingerprint density at radius 1 is 1.11 bits per heavy atom. The van der Waals surface area contributed by atoms with Crippen LogP contribution in [-0.2, 0) is 18.3 Å². The summed E-state index contributed by atoms with van der Waals surface area (Å²) in [6.45, 7) is 3.04. The fraction of sp³-hybridized carbons (Fsp3) is 0.409. The number of aromatic nitrogens is 1. The van der Waals surface area contributed by atoms with Crippen molar-refractivity contribution in [2.45, 2.75) is 56.7 Å². The van der Waals surface area contributed by atoms with Crippen molar-refractivity contribution in [3.05, 3.63) is 70.8 Å². The molecule has 150 valence electrons. The third-order valence-electron chi connectivity index (χ3n) is 5.34. The van der Waals surface area contributed by atoms with Crippen LogP contribution in [0, 0.1) is 5.82 Å². The monoisotopic (exact) mass is 393 g/mol. The largest absolute Gasteiger partial charge is 0.417 e. The molecule has 1 aromatic heterocycles. The van der Waals surface area contributed by atoms with E-state index in [0.717, 1.165) is 12.1 Å². The summed E-state index contributed by atoms with van der Waals surface area (Å²) in [5.74, 6) is -0.582. The minimum Gasteiger partial charge on any atom is -0.380 e. The number of halogens is 4. The zero-order chi connectivity index (χ0) is 20.6. The lowest BCUT2D eigenvalue weighted by atomic mass is 9.72. The summed E-state index contributed by atoms with van der Waals surface area (Å²) in [4.78, 5) is 4.24. The fourth-order valence-electron chi connectivity index (χ4n) is 3.95. The SMILES string of the molecule is CC(C)(CC(O)(Cc1ccnc2c1C=CCC2)C(F)(F)F)c1ccccc1F. The van der Waals surface area contributed by atoms with Crippen LogP contribution in [0.2, 0.25) is 0 Å². The van der Waals surface area contributed by atoms with Gasteiger partial charge in [0.2, 0.25) is 0 Å². The van der Waals surface area contributed by atoms with Crippen LogP contribution < -0.4 is 0 Å². The van der Waals surface area contributed by atoms with Crippen LogP contribution in [0.25, 0.3) is 6.08 Å². The van der Waals surface area contributed by atoms with Crippen LogP contribution >= 0.6 is 0 Å². The zero-order valence-corrected chi connectivity index (χ0v) is 15.9. The molecule has 3 rings (SSSR count). The Kier molecular flexibility index (Phi) is 5.36. The van der Waals surface area contributed by atoms with E-state index < -0.39 is 35.9 Å². The molecule has 1 aromatic carbocycles. The molecule has 1 heterocycles. The van der Waals surface area contributed by atoms with Crippen LogP contribution in [0.4, 0.5) is 17.6 Å². The molecule has 1 N–H and O–H groups in total. The van der Waals surface area contributed by atoms with E-state index >= 15 is 0 Å². The van der Waals surface area contributed by atoms with Gasteiger partial charge in [-0.05, 0) is 53.5 Å². The van der Waals surface area contributed by atoms with Crippen molar-refractivity contribution in [1.82, 2.24) is 4.98 Å². The Labute approximate surface area is 161 Å². The summed E-state index contributed by atoms with van der Waals surface area (Å²) in [7, 11) is 0. The maximum absolute atomic E-state index is 14.2. The van der Waals surface area contributed by atoms with Crippen molar-refractivity contribution in [1.29, 1.82) is 0 Å². The maximum atomic E-state index is 14.2. The van der Waals surface area contributed by atoms with Gasteiger partial charge in [-0.1, -0.05) is 44.2 Å². The number of hydrogen-bond acceptors (Lipinski definition) is 2. The number of allylic oxidation sites excluding steroid dienone is 1. The molecule has 0 fully saturated rings. The lowest BCUT2D eigenvalue weighted by Gasteiger charge is -2.38. The normalized spacial score (nSPS) is 16.5. The number of hydrogen-bond donors (Lipinski definition) is 1. The Morgan fingerprint density at radius 2 is 1.82 bits per heavy atom. The van der Waals surface area contributed by atoms with Crippen molar-refractivity contribution in [3.8, 4) is 0 Å². The van der Waals surface area contributed by atoms with Gasteiger partial charge in [0.25, 0.3) is 0 Å². The van der Waals surface area contributed by atoms with Gasteiger partial charge in [-0.25, -0.2) is 4.39 Å². The molecule has 1 aliphatic rings. The Bertz CT molecular complexity index is 888. The van der Waals surface area contributed by atoms with E-state index in [1.54, 1.807) is 12.1 Å². The number of fused-ring (bicyclic) bond motifs is 1. The highest BCUT2D eigenvalue weighted by Gasteiger charge is 2.56. The molecular weight excluding hydrogens is 370 g/mol. The summed E-state index contributed by atoms with van der Waals surface area (Å²) in [5.41, 5.74) is -2.31. The first-order chi connectivity index (χ1) is 13.0. The van der Waals surface area contributed by atoms with Gasteiger partial charge in [-0.15, -0.1) is 0 Å². The van der Waals surface area contributed by atoms with Crippen LogP contribution in [0.1, 0.15) is 49.1 Å². The predicted molar refractivity (Wildman–Crippen MR) is 100 cm³/mol. The average molecular weight is 393 g/mol. The van der Waals surface area contributed by atoms with Crippen LogP contribution in [0.5, 0.6) is 0 Å². The van der Waals surface area contributed by atoms with E-state index in [-0.39, 0.29) is 5.56 Å². The number of alkyl halides is 3. The third kappa shape index (κ3) is 3.97. The van der Waals surface area contributed by atoms with Gasteiger partial charge < -0.3 is 5.11 Å². The summed E-state index contributed by atoms with van der Waals surface area (Å²) in [6.07, 6.45) is 0.437. The summed E-state index contributed by atoms with van der Waals surface area (Å²) < 4.78 is 56.2. The first-order valence-corrected chi connectivity index (χ1v) is 9.21. The molecule has 1 atom stereocenters. The summed E-state index contributed by atoms with van der Waals surface area (Å²) in [6, 6.07) is 7.26. The number of rotatable bonds is 5. The number of benzene rings is 1. The second kappa shape index (κ2) is 7.32. The van der Waals surface area contributed by atoms with Gasteiger partial charge in [-0.3, -0.25) is 4.98 Å². The minimum absolute atomic E-state index is 0.148. The molecule has 0 radical (unpaired) electrons. The molecule has 2 aromatic rings. The molecular formula is C22H23F4NO. The van der Waals surface area contributed by atoms with Crippen molar-refractivity contribution in [2.75, 3.05) is 0 Å². The van der Waals surface area contributed by atoms with Gasteiger partial charge in [0.1, 0.15) is 5.82 Å². The molecule has 0 aliphatic heterocycles. The molecule has 0 saturated carbocycles. The lowest BCUT2D eigenvalue weighted by molar-refractivity contribution is -0.266. The highest BCUT2D eigenvalue weighted by molar-refractivity contribution is 5.58. The van der Waals surface area contributed by atoms with E-state index in [1.807, 2.05) is 6.08 Å². The number of nitrogens with zero attached hydrogens (tertiary/aromatic N) is 1. The van der Waals surface area contributed by atoms with Gasteiger partial charge in [0.05, 0.1) is 0 Å². The van der Waals surface area contributed by atoms with Gasteiger partial charge >= 0.3 is 6.18 Å². The fourth-order valence-corrected chi connectivity index (χ4v) is 3.95. The smallest absolute Gasteiger partial charge is 0.380 e. The highest BCUT2D eigenvalue weighted by atomic mass is 19.4. The van der Waals surface area contributed by atoms with Gasteiger partial charge in [0, 0.05) is 18.3 Å². The van der Waals surface area contributed by atoms with Crippen molar-refractivity contribution in [2.24, 2.45) is 0 Å². The molecule has 6 heteroatoms. The molecule has 1 aliphatic carbocycles. The first kappa shape index (κ1) is 20.5. The van der Waals surface area contributed by atoms with Crippen molar-refractivity contribution < 1.29 is 22.7 Å². The van der Waals surface area contributed by atoms with E-state index in [9.17, 15) is 22.7 Å². The molecule has 0 spiro atoms. The zero-order valence-electron chi connectivity index (χ0n) is 15.9. The predicted octanol–water partition coefficient (Wildman–Crippen LogP) is 5.38. The van der Waals surface area contributed by atoms with Crippen LogP contribution in [-0.4, -0.2) is 21.9 Å². The van der Waals surface area contributed by atoms with Gasteiger partial charge in [0.15, 0.2) is 5.60 Å². The van der Waals surface area contributed by atoms with E-state index in [0.29, 0.717) is 17.5 Å². The number of aliphatic hydroxyl groups is 1. The topological polar surface area (TPSA) is 33.1 Å². The second-order valence-corrected chi connectivity index (χ2v) is 8.02. The van der Waals surface area contributed by atoms with Crippen molar-refractivity contribution >= 4 is 6.08 Å². The maximum Gasteiger partial charge on any atom is 0.417 e. The van der Waals surface area contributed by atoms with Crippen LogP contribution in [0.15, 0.2) is 42.6 Å². The summed E-state index contributed by atoms with van der Waals surface area (Å²) in [5, 5.41) is 10.8. The number of aryl methyl sites for hydroxylation is 1. The lowest BCUT2D eigenvalue weighted by Crippen LogP contribution is -2.51. The Hall–Kier alpha value is -2.21. The minimum atomic E-state index is -4.87. The van der Waals surface area contributed by atoms with E-state index in [2.05, 4.69) is 4.98 Å². The van der Waals surface area contributed by atoms with E-state index in [4.69, 9.17) is 0 Å². The second-order valence-electron chi connectivity index (χ2n) is 8.02. The molecule has 28 heavy (non-hydrogen) atoms. The molecule has 0 saturated heterocycles. The summed E-state index contributed by atoms with van der Waals surface area (Å²) >= 11 is 0. The first-order valence-electron chi connectivity index (χ1n) is 9.21. The highest BCUT2D eigenvalue weighted by Crippen LogP contribution is 2.44. The third-order valence-corrected chi connectivity index (χ3v) is 5.34. The van der Waals surface area contributed by atoms with E-state index in [1.165, 1.54) is 44.3 Å². The number of pyridine rings is 1. The Balaban J connectivity index is 1.99. The van der Waals surface area contributed by atoms with Crippen molar-refractivity contribution in [3.63, 3.8) is 0 Å². The van der Waals surface area contributed by atoms with Crippen LogP contribution in [0.3, 0.4) is 0 Å². The molecule has 0 bridgehead atoms. The van der Waals surface area contributed by atoms with Gasteiger partial charge in [-0.2, -0.15) is 13.2 Å². The molecule has 0 amide bonds. The Morgan fingerprint density at radius 3 is 2.50 bits per heavy atom. The molecule has 1 unspecified atom stereocenters. The molecule has 2 nitrogen and oxygen atoms in total.